The summed E-state index contributed by atoms with van der Waals surface area (Å²) in [6, 6.07) is 0.344. The monoisotopic (exact) mass is 163 g/mol. The summed E-state index contributed by atoms with van der Waals surface area (Å²) in [7, 11) is 0. The van der Waals surface area contributed by atoms with Gasteiger partial charge in [0.05, 0.1) is 6.04 Å². The van der Waals surface area contributed by atoms with Crippen molar-refractivity contribution in [3.63, 3.8) is 0 Å². The second kappa shape index (κ2) is 2.77. The molecule has 2 rings (SSSR count). The summed E-state index contributed by atoms with van der Waals surface area (Å²) in [5.74, 6) is 0.282. The first-order valence-electron chi connectivity index (χ1n) is 4.39. The minimum Gasteiger partial charge on any atom is -0.332 e. The number of nitrogens with zero attached hydrogens (tertiary/aromatic N) is 1. The number of fused-ring (bicyclic) bond motifs is 1. The van der Waals surface area contributed by atoms with Gasteiger partial charge in [0, 0.05) is 13.0 Å². The fraction of sp³-hybridized carbons (Fsp3) is 0.500. The molecule has 0 aromatic rings. The summed E-state index contributed by atoms with van der Waals surface area (Å²) in [6.45, 7) is 2.83. The molecule has 0 aromatic heterocycles. The molecule has 0 N–H and O–H groups in total. The lowest BCUT2D eigenvalue weighted by atomic mass is 9.98. The van der Waals surface area contributed by atoms with Crippen LogP contribution in [0.5, 0.6) is 0 Å². The van der Waals surface area contributed by atoms with Gasteiger partial charge in [-0.1, -0.05) is 23.8 Å². The highest BCUT2D eigenvalue weighted by Crippen LogP contribution is 2.22. The van der Waals surface area contributed by atoms with Gasteiger partial charge < -0.3 is 4.90 Å². The van der Waals surface area contributed by atoms with Crippen molar-refractivity contribution < 1.29 is 4.79 Å². The lowest BCUT2D eigenvalue weighted by Crippen LogP contribution is -2.43. The predicted molar refractivity (Wildman–Crippen MR) is 47.6 cm³/mol. The normalized spacial score (nSPS) is 28.4. The number of hydrogen-bond donors (Lipinski definition) is 0. The van der Waals surface area contributed by atoms with E-state index < -0.39 is 0 Å². The van der Waals surface area contributed by atoms with Crippen molar-refractivity contribution in [3.8, 4) is 0 Å². The first-order valence-corrected chi connectivity index (χ1v) is 4.39. The molecule has 0 saturated carbocycles. The fourth-order valence-corrected chi connectivity index (χ4v) is 1.86. The molecule has 2 nitrogen and oxygen atoms in total. The van der Waals surface area contributed by atoms with Crippen LogP contribution < -0.4 is 0 Å². The average molecular weight is 163 g/mol. The van der Waals surface area contributed by atoms with Crippen LogP contribution in [-0.4, -0.2) is 23.4 Å². The molecule has 0 unspecified atom stereocenters. The van der Waals surface area contributed by atoms with Gasteiger partial charge in [-0.3, -0.25) is 4.79 Å². The van der Waals surface area contributed by atoms with Gasteiger partial charge in [0.1, 0.15) is 0 Å². The zero-order chi connectivity index (χ0) is 8.55. The van der Waals surface area contributed by atoms with Crippen LogP contribution in [-0.2, 0) is 4.79 Å². The summed E-state index contributed by atoms with van der Waals surface area (Å²) in [4.78, 5) is 13.4. The van der Waals surface area contributed by atoms with Gasteiger partial charge in [0.25, 0.3) is 0 Å². The van der Waals surface area contributed by atoms with Gasteiger partial charge in [-0.05, 0) is 13.3 Å². The van der Waals surface area contributed by atoms with E-state index in [1.165, 1.54) is 5.57 Å². The lowest BCUT2D eigenvalue weighted by Gasteiger charge is -2.34. The topological polar surface area (TPSA) is 20.3 Å². The predicted octanol–water partition coefficient (Wildman–Crippen LogP) is 1.49. The van der Waals surface area contributed by atoms with E-state index in [1.807, 2.05) is 11.8 Å². The average Bonchev–Trinajstić information content (AvgIpc) is 2.04. The Hall–Kier alpha value is -1.05. The number of carbonyl (C=O) groups is 1. The summed E-state index contributed by atoms with van der Waals surface area (Å²) in [6.07, 6.45) is 8.05. The molecule has 64 valence electrons. The van der Waals surface area contributed by atoms with Gasteiger partial charge in [-0.2, -0.15) is 0 Å². The molecule has 1 atom stereocenters. The van der Waals surface area contributed by atoms with E-state index in [0.717, 1.165) is 13.0 Å². The van der Waals surface area contributed by atoms with E-state index in [2.05, 4.69) is 18.2 Å². The highest BCUT2D eigenvalue weighted by molar-refractivity contribution is 5.81. The maximum atomic E-state index is 11.5. The highest BCUT2D eigenvalue weighted by atomic mass is 16.2. The highest BCUT2D eigenvalue weighted by Gasteiger charge is 2.26. The SMILES string of the molecule is CC1=C[C@H]2CC=CCN2C(=O)C1. The molecule has 0 aliphatic carbocycles. The van der Waals surface area contributed by atoms with Crippen LogP contribution >= 0.6 is 0 Å². The Bertz CT molecular complexity index is 265. The molecule has 0 spiro atoms. The van der Waals surface area contributed by atoms with Crippen LogP contribution in [0.1, 0.15) is 19.8 Å². The molecule has 12 heavy (non-hydrogen) atoms. The van der Waals surface area contributed by atoms with Crippen LogP contribution in [0, 0.1) is 0 Å². The van der Waals surface area contributed by atoms with Crippen LogP contribution in [0.3, 0.4) is 0 Å². The van der Waals surface area contributed by atoms with E-state index in [9.17, 15) is 4.79 Å². The van der Waals surface area contributed by atoms with Gasteiger partial charge in [0.15, 0.2) is 0 Å². The number of hydrogen-bond acceptors (Lipinski definition) is 1. The van der Waals surface area contributed by atoms with Crippen molar-refractivity contribution in [2.45, 2.75) is 25.8 Å². The van der Waals surface area contributed by atoms with E-state index in [1.54, 1.807) is 0 Å². The maximum Gasteiger partial charge on any atom is 0.227 e. The molecule has 0 saturated heterocycles. The maximum absolute atomic E-state index is 11.5. The molecule has 2 heteroatoms. The lowest BCUT2D eigenvalue weighted by molar-refractivity contribution is -0.132. The van der Waals surface area contributed by atoms with Crippen LogP contribution in [0.25, 0.3) is 0 Å². The molecule has 0 bridgehead atoms. The molecule has 0 fully saturated rings. The van der Waals surface area contributed by atoms with Crippen LogP contribution in [0.4, 0.5) is 0 Å². The van der Waals surface area contributed by atoms with E-state index in [4.69, 9.17) is 0 Å². The second-order valence-electron chi connectivity index (χ2n) is 3.51. The van der Waals surface area contributed by atoms with Crippen molar-refractivity contribution in [3.05, 3.63) is 23.8 Å². The Balaban J connectivity index is 2.26. The molecular formula is C10H13NO. The van der Waals surface area contributed by atoms with Gasteiger partial charge >= 0.3 is 0 Å². The Kier molecular flexibility index (Phi) is 1.75. The summed E-state index contributed by atoms with van der Waals surface area (Å²) in [5, 5.41) is 0. The largest absolute Gasteiger partial charge is 0.332 e. The molecule has 0 aromatic carbocycles. The number of rotatable bonds is 0. The summed E-state index contributed by atoms with van der Waals surface area (Å²) >= 11 is 0. The zero-order valence-electron chi connectivity index (χ0n) is 7.29. The Labute approximate surface area is 72.6 Å². The molecule has 2 aliphatic heterocycles. The summed E-state index contributed by atoms with van der Waals surface area (Å²) < 4.78 is 0. The molecular weight excluding hydrogens is 150 g/mol. The first-order chi connectivity index (χ1) is 5.77. The third-order valence-corrected chi connectivity index (χ3v) is 2.47. The third-order valence-electron chi connectivity index (χ3n) is 2.47. The van der Waals surface area contributed by atoms with Crippen molar-refractivity contribution in [2.24, 2.45) is 0 Å². The van der Waals surface area contributed by atoms with E-state index in [0.29, 0.717) is 12.5 Å². The van der Waals surface area contributed by atoms with Crippen molar-refractivity contribution >= 4 is 5.91 Å². The zero-order valence-corrected chi connectivity index (χ0v) is 7.29. The fourth-order valence-electron chi connectivity index (χ4n) is 1.86. The first kappa shape index (κ1) is 7.59. The Morgan fingerprint density at radius 1 is 1.50 bits per heavy atom. The van der Waals surface area contributed by atoms with E-state index >= 15 is 0 Å². The molecule has 0 radical (unpaired) electrons. The van der Waals surface area contributed by atoms with Crippen molar-refractivity contribution in [1.29, 1.82) is 0 Å². The van der Waals surface area contributed by atoms with Gasteiger partial charge in [0.2, 0.25) is 5.91 Å². The minimum atomic E-state index is 0.282. The van der Waals surface area contributed by atoms with Crippen LogP contribution in [0.15, 0.2) is 23.8 Å². The van der Waals surface area contributed by atoms with Crippen molar-refractivity contribution in [1.82, 2.24) is 4.90 Å². The molecule has 2 heterocycles. The van der Waals surface area contributed by atoms with Crippen LogP contribution in [0.2, 0.25) is 0 Å². The van der Waals surface area contributed by atoms with Gasteiger partial charge in [-0.25, -0.2) is 0 Å². The third kappa shape index (κ3) is 1.17. The standard InChI is InChI=1S/C10H13NO/c1-8-6-9-4-2-3-5-11(9)10(12)7-8/h2-3,6,9H,4-5,7H2,1H3/t9-/m1/s1. The smallest absolute Gasteiger partial charge is 0.227 e. The van der Waals surface area contributed by atoms with Crippen molar-refractivity contribution in [2.75, 3.05) is 6.54 Å². The number of amides is 1. The second-order valence-corrected chi connectivity index (χ2v) is 3.51. The molecule has 2 aliphatic rings. The molecule has 1 amide bonds. The summed E-state index contributed by atoms with van der Waals surface area (Å²) in [5.41, 5.74) is 1.22. The quantitative estimate of drug-likeness (QED) is 0.495. The minimum absolute atomic E-state index is 0.282. The van der Waals surface area contributed by atoms with Gasteiger partial charge in [-0.15, -0.1) is 0 Å². The Morgan fingerprint density at radius 3 is 3.17 bits per heavy atom. The Morgan fingerprint density at radius 2 is 2.33 bits per heavy atom. The number of carbonyl (C=O) groups excluding carboxylic acids is 1. The van der Waals surface area contributed by atoms with E-state index in [-0.39, 0.29) is 5.91 Å².